The lowest BCUT2D eigenvalue weighted by atomic mass is 9.89. The molecule has 0 amide bonds. The molecule has 1 N–H and O–H groups in total. The fraction of sp³-hybridized carbons (Fsp3) is 0.417. The van der Waals surface area contributed by atoms with Gasteiger partial charge in [0.1, 0.15) is 6.10 Å². The number of carboxylic acids is 1. The van der Waals surface area contributed by atoms with Crippen molar-refractivity contribution < 1.29 is 19.0 Å². The van der Waals surface area contributed by atoms with E-state index in [2.05, 4.69) is 15.9 Å². The molecule has 0 fully saturated rings. The maximum atomic E-state index is 13.7. The zero-order valence-electron chi connectivity index (χ0n) is 9.24. The number of ether oxygens (including phenoxy) is 1. The van der Waals surface area contributed by atoms with E-state index in [-0.39, 0.29) is 5.75 Å². The molecule has 92 valence electrons. The Hall–Kier alpha value is -1.10. The summed E-state index contributed by atoms with van der Waals surface area (Å²) in [6.45, 7) is 1.84. The van der Waals surface area contributed by atoms with Crippen LogP contribution in [0.2, 0.25) is 0 Å². The van der Waals surface area contributed by atoms with Gasteiger partial charge in [-0.2, -0.15) is 0 Å². The summed E-state index contributed by atoms with van der Waals surface area (Å²) in [6, 6.07) is 3.03. The Morgan fingerprint density at radius 3 is 2.94 bits per heavy atom. The Morgan fingerprint density at radius 2 is 2.35 bits per heavy atom. The van der Waals surface area contributed by atoms with Crippen molar-refractivity contribution in [1.82, 2.24) is 0 Å². The van der Waals surface area contributed by atoms with Crippen LogP contribution in [-0.2, 0) is 11.2 Å². The van der Waals surface area contributed by atoms with Crippen LogP contribution < -0.4 is 4.74 Å². The van der Waals surface area contributed by atoms with E-state index in [0.717, 1.165) is 0 Å². The number of carbonyl (C=O) groups is 1. The third kappa shape index (κ3) is 2.29. The van der Waals surface area contributed by atoms with Gasteiger partial charge >= 0.3 is 5.97 Å². The molecule has 2 atom stereocenters. The number of fused-ring (bicyclic) bond motifs is 1. The van der Waals surface area contributed by atoms with Crippen LogP contribution in [0.25, 0.3) is 0 Å². The molecule has 3 nitrogen and oxygen atoms in total. The van der Waals surface area contributed by atoms with Gasteiger partial charge < -0.3 is 9.84 Å². The van der Waals surface area contributed by atoms with Crippen LogP contribution in [0.3, 0.4) is 0 Å². The summed E-state index contributed by atoms with van der Waals surface area (Å²) < 4.78 is 19.7. The molecule has 5 heteroatoms. The molecule has 1 aliphatic rings. The smallest absolute Gasteiger partial charge is 0.310 e. The SMILES string of the molecule is CCC1Oc2c(F)cc(Br)cc2CC1C(=O)O. The van der Waals surface area contributed by atoms with E-state index in [4.69, 9.17) is 9.84 Å². The molecule has 0 saturated heterocycles. The van der Waals surface area contributed by atoms with Crippen molar-refractivity contribution >= 4 is 21.9 Å². The Morgan fingerprint density at radius 1 is 1.65 bits per heavy atom. The van der Waals surface area contributed by atoms with Gasteiger partial charge in [-0.25, -0.2) is 4.39 Å². The van der Waals surface area contributed by atoms with Gasteiger partial charge in [0.2, 0.25) is 0 Å². The van der Waals surface area contributed by atoms with E-state index < -0.39 is 23.8 Å². The van der Waals surface area contributed by atoms with Crippen molar-refractivity contribution in [3.8, 4) is 5.75 Å². The van der Waals surface area contributed by atoms with E-state index in [1.165, 1.54) is 6.07 Å². The summed E-state index contributed by atoms with van der Waals surface area (Å²) in [5, 5.41) is 9.12. The topological polar surface area (TPSA) is 46.5 Å². The minimum atomic E-state index is -0.900. The average Bonchev–Trinajstić information content (AvgIpc) is 2.27. The number of hydrogen-bond donors (Lipinski definition) is 1. The molecule has 0 saturated carbocycles. The zero-order valence-corrected chi connectivity index (χ0v) is 10.8. The van der Waals surface area contributed by atoms with E-state index in [1.54, 1.807) is 6.07 Å². The minimum absolute atomic E-state index is 0.192. The molecule has 1 heterocycles. The lowest BCUT2D eigenvalue weighted by Gasteiger charge is -2.30. The number of rotatable bonds is 2. The molecule has 0 spiro atoms. The molecule has 1 aromatic carbocycles. The van der Waals surface area contributed by atoms with Crippen LogP contribution in [0.4, 0.5) is 4.39 Å². The highest BCUT2D eigenvalue weighted by atomic mass is 79.9. The van der Waals surface area contributed by atoms with Crippen LogP contribution in [0.5, 0.6) is 5.75 Å². The molecule has 2 unspecified atom stereocenters. The van der Waals surface area contributed by atoms with Crippen molar-refractivity contribution in [3.63, 3.8) is 0 Å². The van der Waals surface area contributed by atoms with Gasteiger partial charge in [0, 0.05) is 4.47 Å². The summed E-state index contributed by atoms with van der Waals surface area (Å²) in [4.78, 5) is 11.1. The van der Waals surface area contributed by atoms with Crippen molar-refractivity contribution in [3.05, 3.63) is 28.0 Å². The summed E-state index contributed by atoms with van der Waals surface area (Å²) in [6.07, 6.45) is 0.390. The number of carboxylic acid groups (broad SMARTS) is 1. The first-order chi connectivity index (χ1) is 8.02. The molecule has 0 aromatic heterocycles. The van der Waals surface area contributed by atoms with E-state index in [9.17, 15) is 9.18 Å². The first-order valence-corrected chi connectivity index (χ1v) is 6.19. The van der Waals surface area contributed by atoms with E-state index in [1.807, 2.05) is 6.92 Å². The molecular weight excluding hydrogens is 291 g/mol. The Labute approximate surface area is 107 Å². The number of aliphatic carboxylic acids is 1. The highest BCUT2D eigenvalue weighted by molar-refractivity contribution is 9.10. The Bertz CT molecular complexity index is 461. The van der Waals surface area contributed by atoms with Gasteiger partial charge in [-0.1, -0.05) is 22.9 Å². The molecular formula is C12H12BrFO3. The van der Waals surface area contributed by atoms with Gasteiger partial charge in [-0.3, -0.25) is 4.79 Å². The second-order valence-corrected chi connectivity index (χ2v) is 5.00. The largest absolute Gasteiger partial charge is 0.486 e. The van der Waals surface area contributed by atoms with Crippen LogP contribution in [0.1, 0.15) is 18.9 Å². The van der Waals surface area contributed by atoms with Crippen LogP contribution in [0, 0.1) is 11.7 Å². The summed E-state index contributed by atoms with van der Waals surface area (Å²) >= 11 is 3.19. The number of hydrogen-bond acceptors (Lipinski definition) is 2. The molecule has 1 aromatic rings. The first-order valence-electron chi connectivity index (χ1n) is 5.40. The van der Waals surface area contributed by atoms with Gasteiger partial charge in [0.05, 0.1) is 5.92 Å². The van der Waals surface area contributed by atoms with Crippen molar-refractivity contribution in [2.24, 2.45) is 5.92 Å². The van der Waals surface area contributed by atoms with Crippen LogP contribution in [-0.4, -0.2) is 17.2 Å². The molecule has 0 radical (unpaired) electrons. The lowest BCUT2D eigenvalue weighted by molar-refractivity contribution is -0.145. The zero-order chi connectivity index (χ0) is 12.6. The standard InChI is InChI=1S/C12H12BrFO3/c1-2-10-8(12(15)16)4-6-3-7(13)5-9(14)11(6)17-10/h3,5,8,10H,2,4H2,1H3,(H,15,16). The van der Waals surface area contributed by atoms with Crippen molar-refractivity contribution in [2.75, 3.05) is 0 Å². The second kappa shape index (κ2) is 4.64. The van der Waals surface area contributed by atoms with E-state index in [0.29, 0.717) is 22.9 Å². The average molecular weight is 303 g/mol. The first kappa shape index (κ1) is 12.4. The van der Waals surface area contributed by atoms with Crippen LogP contribution >= 0.6 is 15.9 Å². The highest BCUT2D eigenvalue weighted by Crippen LogP contribution is 2.36. The van der Waals surface area contributed by atoms with Gasteiger partial charge in [0.25, 0.3) is 0 Å². The van der Waals surface area contributed by atoms with E-state index >= 15 is 0 Å². The van der Waals surface area contributed by atoms with Crippen molar-refractivity contribution in [1.29, 1.82) is 0 Å². The molecule has 2 rings (SSSR count). The second-order valence-electron chi connectivity index (χ2n) is 4.09. The van der Waals surface area contributed by atoms with Gasteiger partial charge in [0.15, 0.2) is 11.6 Å². The van der Waals surface area contributed by atoms with Gasteiger partial charge in [-0.15, -0.1) is 0 Å². The number of benzene rings is 1. The predicted octanol–water partition coefficient (Wildman–Crippen LogP) is 3.00. The molecule has 17 heavy (non-hydrogen) atoms. The minimum Gasteiger partial charge on any atom is -0.486 e. The summed E-state index contributed by atoms with van der Waals surface area (Å²) in [5.41, 5.74) is 0.606. The Balaban J connectivity index is 2.42. The monoisotopic (exact) mass is 302 g/mol. The Kier molecular flexibility index (Phi) is 3.38. The van der Waals surface area contributed by atoms with Gasteiger partial charge in [-0.05, 0) is 30.5 Å². The van der Waals surface area contributed by atoms with Crippen LogP contribution in [0.15, 0.2) is 16.6 Å². The quantitative estimate of drug-likeness (QED) is 0.913. The third-order valence-corrected chi connectivity index (χ3v) is 3.42. The normalized spacial score (nSPS) is 22.8. The number of halogens is 2. The fourth-order valence-corrected chi connectivity index (χ4v) is 2.59. The predicted molar refractivity (Wildman–Crippen MR) is 63.6 cm³/mol. The highest BCUT2D eigenvalue weighted by Gasteiger charge is 2.35. The lowest BCUT2D eigenvalue weighted by Crippen LogP contribution is -2.37. The molecule has 0 bridgehead atoms. The maximum absolute atomic E-state index is 13.7. The third-order valence-electron chi connectivity index (χ3n) is 2.96. The summed E-state index contributed by atoms with van der Waals surface area (Å²) in [7, 11) is 0. The van der Waals surface area contributed by atoms with Crippen molar-refractivity contribution in [2.45, 2.75) is 25.9 Å². The summed E-state index contributed by atoms with van der Waals surface area (Å²) in [5.74, 6) is -1.77. The maximum Gasteiger partial charge on any atom is 0.310 e. The molecule has 0 aliphatic carbocycles. The fourth-order valence-electron chi connectivity index (χ4n) is 2.11. The molecule has 1 aliphatic heterocycles.